The van der Waals surface area contributed by atoms with E-state index in [1.54, 1.807) is 31.5 Å². The summed E-state index contributed by atoms with van der Waals surface area (Å²) in [7, 11) is 1.66. The molecule has 0 aromatic heterocycles. The number of phenols is 1. The lowest BCUT2D eigenvalue weighted by atomic mass is 10.0. The van der Waals surface area contributed by atoms with Gasteiger partial charge in [-0.15, -0.1) is 0 Å². The fourth-order valence-corrected chi connectivity index (χ4v) is 3.21. The van der Waals surface area contributed by atoms with Crippen molar-refractivity contribution in [2.45, 2.75) is 6.04 Å². The van der Waals surface area contributed by atoms with Gasteiger partial charge in [-0.2, -0.15) is 0 Å². The second-order valence-electron chi connectivity index (χ2n) is 6.13. The zero-order valence-electron chi connectivity index (χ0n) is 14.8. The van der Waals surface area contributed by atoms with E-state index in [4.69, 9.17) is 21.1 Å². The maximum atomic E-state index is 9.93. The van der Waals surface area contributed by atoms with Gasteiger partial charge in [0.15, 0.2) is 0 Å². The summed E-state index contributed by atoms with van der Waals surface area (Å²) >= 11 is 6.00. The molecule has 0 radical (unpaired) electrons. The standard InChI is InChI=1S/C20H23ClN2O3/c1-25-18-5-2-15(3-6-18)19(23-8-10-26-11-9-23)14-22-13-16-12-17(21)4-7-20(16)24/h2-7,12-13,19,24H,8-11,14H2,1H3/t19-/m0/s1. The first-order valence-corrected chi connectivity index (χ1v) is 8.99. The molecule has 5 nitrogen and oxygen atoms in total. The van der Waals surface area contributed by atoms with Gasteiger partial charge in [0.05, 0.1) is 32.9 Å². The largest absolute Gasteiger partial charge is 0.507 e. The lowest BCUT2D eigenvalue weighted by molar-refractivity contribution is 0.0180. The number of ether oxygens (including phenoxy) is 2. The predicted molar refractivity (Wildman–Crippen MR) is 104 cm³/mol. The summed E-state index contributed by atoms with van der Waals surface area (Å²) in [6.45, 7) is 3.78. The Hall–Kier alpha value is -2.08. The molecule has 1 atom stereocenters. The Balaban J connectivity index is 1.78. The average molecular weight is 375 g/mol. The molecule has 2 aromatic carbocycles. The number of hydrogen-bond donors (Lipinski definition) is 1. The van der Waals surface area contributed by atoms with Crippen molar-refractivity contribution in [2.75, 3.05) is 40.0 Å². The van der Waals surface area contributed by atoms with Gasteiger partial charge in [-0.05, 0) is 35.9 Å². The smallest absolute Gasteiger partial charge is 0.124 e. The van der Waals surface area contributed by atoms with Crippen LogP contribution in [-0.4, -0.2) is 56.2 Å². The number of methoxy groups -OCH3 is 1. The van der Waals surface area contributed by atoms with Crippen LogP contribution >= 0.6 is 11.6 Å². The minimum Gasteiger partial charge on any atom is -0.507 e. The van der Waals surface area contributed by atoms with E-state index in [-0.39, 0.29) is 11.8 Å². The molecule has 6 heteroatoms. The minimum atomic E-state index is 0.141. The molecule has 1 heterocycles. The van der Waals surface area contributed by atoms with E-state index in [0.717, 1.165) is 32.1 Å². The number of benzene rings is 2. The van der Waals surface area contributed by atoms with E-state index in [0.29, 0.717) is 17.1 Å². The Morgan fingerprint density at radius 1 is 1.23 bits per heavy atom. The molecule has 0 bridgehead atoms. The first-order valence-electron chi connectivity index (χ1n) is 8.61. The minimum absolute atomic E-state index is 0.141. The predicted octanol–water partition coefficient (Wildman–Crippen LogP) is 3.55. The van der Waals surface area contributed by atoms with Crippen molar-refractivity contribution in [3.05, 3.63) is 58.6 Å². The number of hydrogen-bond acceptors (Lipinski definition) is 5. The Bertz CT molecular complexity index is 743. The van der Waals surface area contributed by atoms with Gasteiger partial charge in [0.2, 0.25) is 0 Å². The summed E-state index contributed by atoms with van der Waals surface area (Å²) < 4.78 is 10.7. The van der Waals surface area contributed by atoms with Crippen LogP contribution < -0.4 is 4.74 Å². The van der Waals surface area contributed by atoms with Crippen molar-refractivity contribution in [3.63, 3.8) is 0 Å². The highest BCUT2D eigenvalue weighted by molar-refractivity contribution is 6.30. The Kier molecular flexibility index (Phi) is 6.50. The van der Waals surface area contributed by atoms with Crippen molar-refractivity contribution in [1.29, 1.82) is 0 Å². The number of morpholine rings is 1. The van der Waals surface area contributed by atoms with Crippen LogP contribution in [0.1, 0.15) is 17.2 Å². The number of nitrogens with zero attached hydrogens (tertiary/aromatic N) is 2. The SMILES string of the molecule is COc1ccc([C@H](CN=Cc2cc(Cl)ccc2O)N2CCOCC2)cc1. The van der Waals surface area contributed by atoms with Crippen LogP contribution in [0.5, 0.6) is 11.5 Å². The van der Waals surface area contributed by atoms with E-state index in [9.17, 15) is 5.11 Å². The normalized spacial score (nSPS) is 16.7. The average Bonchev–Trinajstić information content (AvgIpc) is 2.69. The Labute approximate surface area is 158 Å². The highest BCUT2D eigenvalue weighted by atomic mass is 35.5. The van der Waals surface area contributed by atoms with Crippen molar-refractivity contribution >= 4 is 17.8 Å². The van der Waals surface area contributed by atoms with E-state index in [1.165, 1.54) is 5.56 Å². The molecule has 0 amide bonds. The second-order valence-corrected chi connectivity index (χ2v) is 6.57. The summed E-state index contributed by atoms with van der Waals surface area (Å²) in [6.07, 6.45) is 1.68. The molecule has 1 aliphatic heterocycles. The first-order chi connectivity index (χ1) is 12.7. The van der Waals surface area contributed by atoms with Gasteiger partial charge in [0.25, 0.3) is 0 Å². The highest BCUT2D eigenvalue weighted by Crippen LogP contribution is 2.25. The van der Waals surface area contributed by atoms with E-state index in [1.807, 2.05) is 12.1 Å². The lowest BCUT2D eigenvalue weighted by Crippen LogP contribution is -2.40. The first kappa shape index (κ1) is 18.7. The summed E-state index contributed by atoms with van der Waals surface area (Å²) in [5, 5.41) is 10.5. The molecule has 3 rings (SSSR count). The number of phenolic OH excluding ortho intramolecular Hbond substituents is 1. The molecular weight excluding hydrogens is 352 g/mol. The van der Waals surface area contributed by atoms with Crippen molar-refractivity contribution in [2.24, 2.45) is 4.99 Å². The quantitative estimate of drug-likeness (QED) is 0.786. The third-order valence-corrected chi connectivity index (χ3v) is 4.72. The van der Waals surface area contributed by atoms with Crippen LogP contribution in [0.2, 0.25) is 5.02 Å². The molecule has 1 aliphatic rings. The van der Waals surface area contributed by atoms with Crippen molar-refractivity contribution < 1.29 is 14.6 Å². The topological polar surface area (TPSA) is 54.3 Å². The van der Waals surface area contributed by atoms with Gasteiger partial charge >= 0.3 is 0 Å². The van der Waals surface area contributed by atoms with Crippen LogP contribution in [0.4, 0.5) is 0 Å². The van der Waals surface area contributed by atoms with Crippen molar-refractivity contribution in [1.82, 2.24) is 4.90 Å². The number of aromatic hydroxyl groups is 1. The summed E-state index contributed by atoms with van der Waals surface area (Å²) in [5.41, 5.74) is 1.80. The molecule has 0 aliphatic carbocycles. The zero-order valence-corrected chi connectivity index (χ0v) is 15.5. The third kappa shape index (κ3) is 4.75. The summed E-state index contributed by atoms with van der Waals surface area (Å²) in [4.78, 5) is 6.96. The molecule has 26 heavy (non-hydrogen) atoms. The van der Waals surface area contributed by atoms with E-state index >= 15 is 0 Å². The summed E-state index contributed by atoms with van der Waals surface area (Å²) in [5.74, 6) is 1.01. The van der Waals surface area contributed by atoms with Crippen molar-refractivity contribution in [3.8, 4) is 11.5 Å². The fourth-order valence-electron chi connectivity index (χ4n) is 3.03. The molecule has 0 spiro atoms. The van der Waals surface area contributed by atoms with Crippen LogP contribution in [0.25, 0.3) is 0 Å². The second kappa shape index (κ2) is 9.03. The number of halogens is 1. The van der Waals surface area contributed by atoms with Crippen LogP contribution in [-0.2, 0) is 4.74 Å². The maximum absolute atomic E-state index is 9.93. The fraction of sp³-hybridized carbons (Fsp3) is 0.350. The van der Waals surface area contributed by atoms with Gasteiger partial charge in [-0.1, -0.05) is 23.7 Å². The van der Waals surface area contributed by atoms with Crippen LogP contribution in [0.3, 0.4) is 0 Å². The molecule has 1 fully saturated rings. The van der Waals surface area contributed by atoms with Gasteiger partial charge < -0.3 is 14.6 Å². The maximum Gasteiger partial charge on any atom is 0.124 e. The van der Waals surface area contributed by atoms with E-state index < -0.39 is 0 Å². The summed E-state index contributed by atoms with van der Waals surface area (Å²) in [6, 6.07) is 13.2. The highest BCUT2D eigenvalue weighted by Gasteiger charge is 2.22. The molecule has 1 N–H and O–H groups in total. The molecule has 138 valence electrons. The lowest BCUT2D eigenvalue weighted by Gasteiger charge is -2.34. The number of aliphatic imine (C=N–C) groups is 1. The van der Waals surface area contributed by atoms with Gasteiger partial charge in [-0.25, -0.2) is 0 Å². The Morgan fingerprint density at radius 3 is 2.65 bits per heavy atom. The van der Waals surface area contributed by atoms with Crippen LogP contribution in [0, 0.1) is 0 Å². The zero-order chi connectivity index (χ0) is 18.4. The molecule has 0 unspecified atom stereocenters. The van der Waals surface area contributed by atoms with Gasteiger partial charge in [0, 0.05) is 29.9 Å². The van der Waals surface area contributed by atoms with Gasteiger partial charge in [-0.3, -0.25) is 9.89 Å². The third-order valence-electron chi connectivity index (χ3n) is 4.49. The number of rotatable bonds is 6. The molecule has 0 saturated carbocycles. The van der Waals surface area contributed by atoms with Gasteiger partial charge in [0.1, 0.15) is 11.5 Å². The molecular formula is C20H23ClN2O3. The van der Waals surface area contributed by atoms with Crippen LogP contribution in [0.15, 0.2) is 47.5 Å². The van der Waals surface area contributed by atoms with E-state index in [2.05, 4.69) is 22.0 Å². The Morgan fingerprint density at radius 2 is 1.96 bits per heavy atom. The molecule has 1 saturated heterocycles. The molecule has 2 aromatic rings. The monoisotopic (exact) mass is 374 g/mol.